The van der Waals surface area contributed by atoms with Crippen LogP contribution in [0.3, 0.4) is 0 Å². The summed E-state index contributed by atoms with van der Waals surface area (Å²) < 4.78 is 5.76. The average Bonchev–Trinajstić information content (AvgIpc) is 2.36. The Kier molecular flexibility index (Phi) is 5.40. The van der Waals surface area contributed by atoms with Crippen LogP contribution in [0.15, 0.2) is 0 Å². The maximum Gasteiger partial charge on any atom is 0.245 e. The summed E-state index contributed by atoms with van der Waals surface area (Å²) in [5, 5.41) is 2.57. The molecule has 1 aliphatic rings. The number of hydrogen-bond donors (Lipinski definition) is 2. The molecule has 0 radical (unpaired) electrons. The minimum atomic E-state index is -0.266. The van der Waals surface area contributed by atoms with Crippen molar-refractivity contribution < 1.29 is 9.53 Å². The summed E-state index contributed by atoms with van der Waals surface area (Å²) in [6.45, 7) is 5.17. The van der Waals surface area contributed by atoms with Gasteiger partial charge in [-0.1, -0.05) is 13.8 Å². The second-order valence-electron chi connectivity index (χ2n) is 5.43. The molecule has 0 bridgehead atoms. The van der Waals surface area contributed by atoms with Crippen molar-refractivity contribution in [2.45, 2.75) is 45.1 Å². The third kappa shape index (κ3) is 3.96. The molecule has 0 aromatic rings. The predicted molar refractivity (Wildman–Crippen MR) is 68.6 cm³/mol. The van der Waals surface area contributed by atoms with Crippen LogP contribution in [0.25, 0.3) is 0 Å². The molecular weight excluding hydrogens is 216 g/mol. The van der Waals surface area contributed by atoms with Crippen LogP contribution in [0.1, 0.15) is 39.5 Å². The van der Waals surface area contributed by atoms with Crippen LogP contribution in [0.4, 0.5) is 0 Å². The molecule has 0 heterocycles. The highest BCUT2D eigenvalue weighted by Crippen LogP contribution is 2.37. The number of carbonyl (C=O) groups excluding carboxylic acids is 1. The lowest BCUT2D eigenvalue weighted by Gasteiger charge is -2.40. The molecule has 0 aromatic heterocycles. The van der Waals surface area contributed by atoms with Crippen LogP contribution < -0.4 is 11.1 Å². The molecule has 100 valence electrons. The number of ether oxygens (including phenoxy) is 1. The van der Waals surface area contributed by atoms with E-state index in [9.17, 15) is 4.79 Å². The van der Waals surface area contributed by atoms with Crippen molar-refractivity contribution in [3.8, 4) is 0 Å². The lowest BCUT2D eigenvalue weighted by molar-refractivity contribution is -0.136. The fourth-order valence-electron chi connectivity index (χ4n) is 2.53. The van der Waals surface area contributed by atoms with Crippen LogP contribution in [0, 0.1) is 11.8 Å². The van der Waals surface area contributed by atoms with Crippen molar-refractivity contribution in [3.05, 3.63) is 0 Å². The Morgan fingerprint density at radius 1 is 1.47 bits per heavy atom. The first-order valence-corrected chi connectivity index (χ1v) is 6.57. The molecule has 1 aliphatic carbocycles. The zero-order valence-corrected chi connectivity index (χ0v) is 11.3. The SMILES string of the molecule is CNC(=O)COC1(CN)CCC(C(C)C)CC1. The first-order valence-electron chi connectivity index (χ1n) is 6.57. The van der Waals surface area contributed by atoms with E-state index in [2.05, 4.69) is 19.2 Å². The summed E-state index contributed by atoms with van der Waals surface area (Å²) in [7, 11) is 1.62. The molecule has 1 rings (SSSR count). The third-order valence-corrected chi connectivity index (χ3v) is 4.04. The van der Waals surface area contributed by atoms with Crippen LogP contribution in [-0.4, -0.2) is 31.7 Å². The number of rotatable bonds is 5. The lowest BCUT2D eigenvalue weighted by Crippen LogP contribution is -2.46. The summed E-state index contributed by atoms with van der Waals surface area (Å²) in [4.78, 5) is 11.2. The Morgan fingerprint density at radius 2 is 2.06 bits per heavy atom. The Morgan fingerprint density at radius 3 is 2.47 bits per heavy atom. The van der Waals surface area contributed by atoms with Gasteiger partial charge in [0.15, 0.2) is 0 Å². The van der Waals surface area contributed by atoms with Crippen molar-refractivity contribution in [2.75, 3.05) is 20.2 Å². The fraction of sp³-hybridized carbons (Fsp3) is 0.923. The fourth-order valence-corrected chi connectivity index (χ4v) is 2.53. The van der Waals surface area contributed by atoms with Gasteiger partial charge in [0.05, 0.1) is 5.60 Å². The second kappa shape index (κ2) is 6.36. The van der Waals surface area contributed by atoms with E-state index in [0.717, 1.165) is 37.5 Å². The molecule has 0 saturated heterocycles. The molecule has 0 aliphatic heterocycles. The van der Waals surface area contributed by atoms with E-state index in [-0.39, 0.29) is 18.1 Å². The summed E-state index contributed by atoms with van der Waals surface area (Å²) in [5.41, 5.74) is 5.56. The second-order valence-corrected chi connectivity index (χ2v) is 5.43. The Labute approximate surface area is 104 Å². The van der Waals surface area contributed by atoms with E-state index in [4.69, 9.17) is 10.5 Å². The quantitative estimate of drug-likeness (QED) is 0.763. The van der Waals surface area contributed by atoms with E-state index in [1.165, 1.54) is 0 Å². The zero-order valence-electron chi connectivity index (χ0n) is 11.3. The number of likely N-dealkylation sites (N-methyl/N-ethyl adjacent to an activating group) is 1. The van der Waals surface area contributed by atoms with Gasteiger partial charge in [-0.3, -0.25) is 4.79 Å². The van der Waals surface area contributed by atoms with E-state index in [0.29, 0.717) is 6.54 Å². The number of nitrogens with two attached hydrogens (primary N) is 1. The summed E-state index contributed by atoms with van der Waals surface area (Å²) in [6.07, 6.45) is 4.26. The van der Waals surface area contributed by atoms with Gasteiger partial charge in [0, 0.05) is 13.6 Å². The molecule has 0 spiro atoms. The molecule has 1 fully saturated rings. The van der Waals surface area contributed by atoms with Crippen LogP contribution in [0.5, 0.6) is 0 Å². The topological polar surface area (TPSA) is 64.3 Å². The molecule has 4 heteroatoms. The molecule has 3 N–H and O–H groups in total. The maximum atomic E-state index is 11.2. The minimum Gasteiger partial charge on any atom is -0.364 e. The summed E-state index contributed by atoms with van der Waals surface area (Å²) in [5.74, 6) is 1.42. The third-order valence-electron chi connectivity index (χ3n) is 4.04. The predicted octanol–water partition coefficient (Wildman–Crippen LogP) is 1.29. The minimum absolute atomic E-state index is 0.0798. The van der Waals surface area contributed by atoms with Gasteiger partial charge >= 0.3 is 0 Å². The van der Waals surface area contributed by atoms with Crippen molar-refractivity contribution in [1.29, 1.82) is 0 Å². The van der Waals surface area contributed by atoms with Crippen LogP contribution >= 0.6 is 0 Å². The van der Waals surface area contributed by atoms with Gasteiger partial charge in [0.25, 0.3) is 0 Å². The van der Waals surface area contributed by atoms with Gasteiger partial charge in [-0.15, -0.1) is 0 Å². The smallest absolute Gasteiger partial charge is 0.245 e. The van der Waals surface area contributed by atoms with Gasteiger partial charge in [-0.05, 0) is 37.5 Å². The van der Waals surface area contributed by atoms with Gasteiger partial charge in [-0.2, -0.15) is 0 Å². The monoisotopic (exact) mass is 242 g/mol. The molecule has 1 amide bonds. The van der Waals surface area contributed by atoms with Gasteiger partial charge < -0.3 is 15.8 Å². The standard InChI is InChI=1S/C13H26N2O2/c1-10(2)11-4-6-13(9-14,7-5-11)17-8-12(16)15-3/h10-11H,4-9,14H2,1-3H3,(H,15,16). The molecule has 0 aromatic carbocycles. The molecule has 0 atom stereocenters. The number of nitrogens with one attached hydrogen (secondary N) is 1. The zero-order chi connectivity index (χ0) is 12.9. The molecular formula is C13H26N2O2. The average molecular weight is 242 g/mol. The van der Waals surface area contributed by atoms with E-state index >= 15 is 0 Å². The highest BCUT2D eigenvalue weighted by atomic mass is 16.5. The van der Waals surface area contributed by atoms with Gasteiger partial charge in [0.1, 0.15) is 6.61 Å². The highest BCUT2D eigenvalue weighted by molar-refractivity contribution is 5.76. The highest BCUT2D eigenvalue weighted by Gasteiger charge is 2.36. The maximum absolute atomic E-state index is 11.2. The summed E-state index contributed by atoms with van der Waals surface area (Å²) >= 11 is 0. The number of amides is 1. The first kappa shape index (κ1) is 14.5. The van der Waals surface area contributed by atoms with Crippen LogP contribution in [-0.2, 0) is 9.53 Å². The Balaban J connectivity index is 2.46. The van der Waals surface area contributed by atoms with E-state index < -0.39 is 0 Å². The number of carbonyl (C=O) groups is 1. The van der Waals surface area contributed by atoms with Crippen molar-refractivity contribution in [3.63, 3.8) is 0 Å². The van der Waals surface area contributed by atoms with Crippen molar-refractivity contribution in [1.82, 2.24) is 5.32 Å². The van der Waals surface area contributed by atoms with Gasteiger partial charge in [0.2, 0.25) is 5.91 Å². The largest absolute Gasteiger partial charge is 0.364 e. The van der Waals surface area contributed by atoms with Gasteiger partial charge in [-0.25, -0.2) is 0 Å². The van der Waals surface area contributed by atoms with Crippen molar-refractivity contribution >= 4 is 5.91 Å². The molecule has 17 heavy (non-hydrogen) atoms. The van der Waals surface area contributed by atoms with Crippen LogP contribution in [0.2, 0.25) is 0 Å². The molecule has 4 nitrogen and oxygen atoms in total. The number of hydrogen-bond acceptors (Lipinski definition) is 3. The van der Waals surface area contributed by atoms with E-state index in [1.807, 2.05) is 0 Å². The first-order chi connectivity index (χ1) is 8.03. The van der Waals surface area contributed by atoms with E-state index in [1.54, 1.807) is 7.05 Å². The normalized spacial score (nSPS) is 29.4. The Bertz CT molecular complexity index is 246. The molecule has 0 unspecified atom stereocenters. The van der Waals surface area contributed by atoms with Crippen molar-refractivity contribution in [2.24, 2.45) is 17.6 Å². The molecule has 1 saturated carbocycles. The summed E-state index contributed by atoms with van der Waals surface area (Å²) in [6, 6.07) is 0. The Hall–Kier alpha value is -0.610. The lowest BCUT2D eigenvalue weighted by atomic mass is 9.74.